The first-order valence-corrected chi connectivity index (χ1v) is 7.91. The van der Waals surface area contributed by atoms with Crippen LogP contribution < -0.4 is 0 Å². The quantitative estimate of drug-likeness (QED) is 0.662. The Morgan fingerprint density at radius 3 is 2.68 bits per heavy atom. The third-order valence-electron chi connectivity index (χ3n) is 3.14. The first-order chi connectivity index (χ1) is 10.5. The Labute approximate surface area is 138 Å². The van der Waals surface area contributed by atoms with Crippen LogP contribution in [-0.4, -0.2) is 32.7 Å². The maximum absolute atomic E-state index is 12.2. The van der Waals surface area contributed by atoms with Crippen LogP contribution in [0.3, 0.4) is 0 Å². The van der Waals surface area contributed by atoms with Gasteiger partial charge in [0.25, 0.3) is 5.91 Å². The number of thiocarbonyl (C=S) groups is 1. The molecule has 22 heavy (non-hydrogen) atoms. The number of allylic oxidation sites excluding steroid dienone is 3. The van der Waals surface area contributed by atoms with Gasteiger partial charge < -0.3 is 5.11 Å². The Kier molecular flexibility index (Phi) is 5.51. The van der Waals surface area contributed by atoms with E-state index in [0.29, 0.717) is 9.23 Å². The van der Waals surface area contributed by atoms with Crippen LogP contribution in [0.1, 0.15) is 18.9 Å². The Balaban J connectivity index is 2.11. The molecule has 1 aromatic rings. The van der Waals surface area contributed by atoms with Crippen molar-refractivity contribution in [3.8, 4) is 0 Å². The minimum Gasteiger partial charge on any atom is -0.481 e. The Morgan fingerprint density at radius 1 is 1.36 bits per heavy atom. The van der Waals surface area contributed by atoms with Crippen LogP contribution in [0, 0.1) is 0 Å². The van der Waals surface area contributed by atoms with E-state index in [-0.39, 0.29) is 18.9 Å². The lowest BCUT2D eigenvalue weighted by Gasteiger charge is -2.12. The predicted molar refractivity (Wildman–Crippen MR) is 92.3 cm³/mol. The second kappa shape index (κ2) is 7.38. The van der Waals surface area contributed by atoms with Gasteiger partial charge in [0.15, 0.2) is 0 Å². The van der Waals surface area contributed by atoms with Gasteiger partial charge in [0.1, 0.15) is 4.32 Å². The smallest absolute Gasteiger partial charge is 0.305 e. The summed E-state index contributed by atoms with van der Waals surface area (Å²) in [6, 6.07) is 9.86. The molecule has 6 heteroatoms. The zero-order chi connectivity index (χ0) is 16.1. The molecule has 0 spiro atoms. The molecule has 1 aromatic carbocycles. The maximum atomic E-state index is 12.2. The van der Waals surface area contributed by atoms with E-state index in [9.17, 15) is 9.59 Å². The summed E-state index contributed by atoms with van der Waals surface area (Å²) >= 11 is 6.34. The molecule has 4 nitrogen and oxygen atoms in total. The highest BCUT2D eigenvalue weighted by Crippen LogP contribution is 2.31. The van der Waals surface area contributed by atoms with Crippen LogP contribution in [0.2, 0.25) is 0 Å². The fraction of sp³-hybridized carbons (Fsp3) is 0.188. The van der Waals surface area contributed by atoms with Crippen LogP contribution in [0.25, 0.3) is 5.57 Å². The van der Waals surface area contributed by atoms with E-state index in [1.807, 2.05) is 43.3 Å². The molecule has 114 valence electrons. The summed E-state index contributed by atoms with van der Waals surface area (Å²) in [6.07, 6.45) is 3.50. The number of thioether (sulfide) groups is 1. The fourth-order valence-electron chi connectivity index (χ4n) is 1.91. The number of benzene rings is 1. The van der Waals surface area contributed by atoms with Gasteiger partial charge in [-0.3, -0.25) is 14.5 Å². The SMILES string of the molecule is CC(=CC=C1SC(=S)N(CCC(=O)O)C1=O)c1ccccc1. The summed E-state index contributed by atoms with van der Waals surface area (Å²) in [5.74, 6) is -1.17. The minimum atomic E-state index is -0.946. The first-order valence-electron chi connectivity index (χ1n) is 6.68. The van der Waals surface area contributed by atoms with Crippen molar-refractivity contribution in [2.45, 2.75) is 13.3 Å². The van der Waals surface area contributed by atoms with Crippen LogP contribution in [0.15, 0.2) is 47.4 Å². The van der Waals surface area contributed by atoms with E-state index in [2.05, 4.69) is 0 Å². The molecule has 0 radical (unpaired) electrons. The van der Waals surface area contributed by atoms with Crippen molar-refractivity contribution < 1.29 is 14.7 Å². The van der Waals surface area contributed by atoms with Gasteiger partial charge in [-0.05, 0) is 24.1 Å². The normalized spacial score (nSPS) is 17.4. The van der Waals surface area contributed by atoms with Crippen molar-refractivity contribution in [3.63, 3.8) is 0 Å². The average Bonchev–Trinajstić information content (AvgIpc) is 2.77. The third kappa shape index (κ3) is 4.05. The van der Waals surface area contributed by atoms with Crippen molar-refractivity contribution in [1.82, 2.24) is 4.90 Å². The van der Waals surface area contributed by atoms with Gasteiger partial charge in [0.05, 0.1) is 11.3 Å². The largest absolute Gasteiger partial charge is 0.481 e. The van der Waals surface area contributed by atoms with Crippen molar-refractivity contribution in [3.05, 3.63) is 53.0 Å². The highest BCUT2D eigenvalue weighted by molar-refractivity contribution is 8.26. The average molecular weight is 333 g/mol. The molecular weight excluding hydrogens is 318 g/mol. The zero-order valence-corrected chi connectivity index (χ0v) is 13.6. The summed E-state index contributed by atoms with van der Waals surface area (Å²) in [5, 5.41) is 8.70. The molecule has 0 unspecified atom stereocenters. The van der Waals surface area contributed by atoms with Gasteiger partial charge >= 0.3 is 5.97 Å². The summed E-state index contributed by atoms with van der Waals surface area (Å²) in [5.41, 5.74) is 2.12. The van der Waals surface area contributed by atoms with Gasteiger partial charge in [0.2, 0.25) is 0 Å². The van der Waals surface area contributed by atoms with Gasteiger partial charge in [0, 0.05) is 6.54 Å². The van der Waals surface area contributed by atoms with E-state index in [4.69, 9.17) is 17.3 Å². The molecular formula is C16H15NO3S2. The number of hydrogen-bond donors (Lipinski definition) is 1. The molecule has 0 aliphatic carbocycles. The Bertz CT molecular complexity index is 665. The van der Waals surface area contributed by atoms with Crippen LogP contribution in [0.5, 0.6) is 0 Å². The summed E-state index contributed by atoms with van der Waals surface area (Å²) in [6.45, 7) is 2.08. The molecule has 1 heterocycles. The molecule has 1 saturated heterocycles. The summed E-state index contributed by atoms with van der Waals surface area (Å²) in [4.78, 5) is 24.7. The molecule has 1 amide bonds. The summed E-state index contributed by atoms with van der Waals surface area (Å²) < 4.78 is 0.406. The van der Waals surface area contributed by atoms with E-state index in [0.717, 1.165) is 11.1 Å². The lowest BCUT2D eigenvalue weighted by Crippen LogP contribution is -2.30. The molecule has 2 rings (SSSR count). The Hall–Kier alpha value is -1.92. The van der Waals surface area contributed by atoms with Gasteiger partial charge in [-0.1, -0.05) is 60.4 Å². The molecule has 1 aliphatic heterocycles. The van der Waals surface area contributed by atoms with E-state index in [1.54, 1.807) is 6.08 Å². The second-order valence-corrected chi connectivity index (χ2v) is 6.39. The van der Waals surface area contributed by atoms with Crippen molar-refractivity contribution >= 4 is 45.7 Å². The molecule has 1 aliphatic rings. The third-order valence-corrected chi connectivity index (χ3v) is 4.53. The second-order valence-electron chi connectivity index (χ2n) is 4.72. The van der Waals surface area contributed by atoms with E-state index < -0.39 is 5.97 Å². The topological polar surface area (TPSA) is 57.6 Å². The van der Waals surface area contributed by atoms with Crippen molar-refractivity contribution in [2.75, 3.05) is 6.54 Å². The number of rotatable bonds is 5. The molecule has 0 aromatic heterocycles. The van der Waals surface area contributed by atoms with E-state index in [1.165, 1.54) is 16.7 Å². The fourth-order valence-corrected chi connectivity index (χ4v) is 3.16. The molecule has 0 bridgehead atoms. The van der Waals surface area contributed by atoms with Crippen LogP contribution >= 0.6 is 24.0 Å². The molecule has 1 fully saturated rings. The number of aliphatic carboxylic acids is 1. The highest BCUT2D eigenvalue weighted by Gasteiger charge is 2.31. The number of carboxylic acids is 1. The van der Waals surface area contributed by atoms with Gasteiger partial charge in [-0.25, -0.2) is 0 Å². The number of amides is 1. The van der Waals surface area contributed by atoms with Gasteiger partial charge in [-0.2, -0.15) is 0 Å². The lowest BCUT2D eigenvalue weighted by molar-refractivity contribution is -0.137. The molecule has 0 atom stereocenters. The Morgan fingerprint density at radius 2 is 2.05 bits per heavy atom. The highest BCUT2D eigenvalue weighted by atomic mass is 32.2. The van der Waals surface area contributed by atoms with Gasteiger partial charge in [-0.15, -0.1) is 0 Å². The zero-order valence-electron chi connectivity index (χ0n) is 12.0. The van der Waals surface area contributed by atoms with Crippen molar-refractivity contribution in [2.24, 2.45) is 0 Å². The molecule has 0 saturated carbocycles. The maximum Gasteiger partial charge on any atom is 0.305 e. The number of carbonyl (C=O) groups is 2. The minimum absolute atomic E-state index is 0.110. The monoisotopic (exact) mass is 333 g/mol. The lowest BCUT2D eigenvalue weighted by atomic mass is 10.1. The van der Waals surface area contributed by atoms with Crippen LogP contribution in [0.4, 0.5) is 0 Å². The standard InChI is InChI=1S/C16H15NO3S2/c1-11(12-5-3-2-4-6-12)7-8-13-15(20)17(16(21)22-13)10-9-14(18)19/h2-8H,9-10H2,1H3,(H,18,19). The van der Waals surface area contributed by atoms with E-state index >= 15 is 0 Å². The van der Waals surface area contributed by atoms with Crippen molar-refractivity contribution in [1.29, 1.82) is 0 Å². The number of nitrogens with zero attached hydrogens (tertiary/aromatic N) is 1. The number of carbonyl (C=O) groups excluding carboxylic acids is 1. The summed E-state index contributed by atoms with van der Waals surface area (Å²) in [7, 11) is 0. The predicted octanol–water partition coefficient (Wildman–Crippen LogP) is 3.31. The number of hydrogen-bond acceptors (Lipinski definition) is 4. The first kappa shape index (κ1) is 16.5. The molecule has 1 N–H and O–H groups in total. The number of carboxylic acid groups (broad SMARTS) is 1. The van der Waals surface area contributed by atoms with Crippen LogP contribution in [-0.2, 0) is 9.59 Å².